The lowest BCUT2D eigenvalue weighted by atomic mass is 9.78. The van der Waals surface area contributed by atoms with Crippen LogP contribution < -0.4 is 10.6 Å². The summed E-state index contributed by atoms with van der Waals surface area (Å²) in [7, 11) is 0.542. The minimum atomic E-state index is 0.423. The van der Waals surface area contributed by atoms with Crippen LogP contribution in [0.1, 0.15) is 158 Å². The van der Waals surface area contributed by atoms with Gasteiger partial charge in [0.2, 0.25) is 0 Å². The summed E-state index contributed by atoms with van der Waals surface area (Å²) in [5.74, 6) is 2.68. The summed E-state index contributed by atoms with van der Waals surface area (Å²) in [6.45, 7) is 30.6. The van der Waals surface area contributed by atoms with Gasteiger partial charge >= 0.3 is 0 Å². The molecule has 0 bridgehead atoms. The van der Waals surface area contributed by atoms with E-state index in [1.54, 1.807) is 0 Å². The summed E-state index contributed by atoms with van der Waals surface area (Å²) >= 11 is 3.68. The highest BCUT2D eigenvalue weighted by Crippen LogP contribution is 2.45. The number of hydrogen-bond donors (Lipinski definition) is 0. The van der Waals surface area contributed by atoms with Crippen LogP contribution in [0.15, 0.2) is 65.1 Å². The third kappa shape index (κ3) is 7.85. The molecule has 0 saturated carbocycles. The number of aryl methyl sites for hydroxylation is 1. The lowest BCUT2D eigenvalue weighted by molar-refractivity contribution is 0.807. The van der Waals surface area contributed by atoms with E-state index in [1.165, 1.54) is 71.8 Å². The van der Waals surface area contributed by atoms with Crippen LogP contribution in [0.2, 0.25) is 0 Å². The van der Waals surface area contributed by atoms with Crippen LogP contribution in [-0.2, 0) is 0 Å². The summed E-state index contributed by atoms with van der Waals surface area (Å²) in [6, 6.07) is 24.1. The van der Waals surface area contributed by atoms with Gasteiger partial charge in [0.25, 0.3) is 0 Å². The normalized spacial score (nSPS) is 12.4. The highest BCUT2D eigenvalue weighted by atomic mass is 79.9. The molecule has 240 valence electrons. The third-order valence-electron chi connectivity index (χ3n) is 9.20. The van der Waals surface area contributed by atoms with Crippen LogP contribution in [0.25, 0.3) is 22.3 Å². The van der Waals surface area contributed by atoms with Crippen molar-refractivity contribution in [2.75, 3.05) is 0 Å². The van der Waals surface area contributed by atoms with Gasteiger partial charge in [0.1, 0.15) is 0 Å². The van der Waals surface area contributed by atoms with Crippen molar-refractivity contribution < 1.29 is 0 Å². The molecule has 0 aliphatic carbocycles. The van der Waals surface area contributed by atoms with E-state index >= 15 is 0 Å². The Kier molecular flexibility index (Phi) is 11.6. The molecule has 0 heterocycles. The summed E-state index contributed by atoms with van der Waals surface area (Å²) in [4.78, 5) is 0. The number of benzene rings is 4. The Morgan fingerprint density at radius 3 is 1.09 bits per heavy atom. The Bertz CT molecular complexity index is 1480. The van der Waals surface area contributed by atoms with Gasteiger partial charge in [0.15, 0.2) is 0 Å². The van der Waals surface area contributed by atoms with Gasteiger partial charge in [-0.05, 0) is 126 Å². The van der Waals surface area contributed by atoms with Crippen LogP contribution in [0.3, 0.4) is 0 Å². The molecule has 0 spiro atoms. The maximum absolute atomic E-state index is 3.68. The van der Waals surface area contributed by atoms with Gasteiger partial charge in [-0.2, -0.15) is 0 Å². The van der Waals surface area contributed by atoms with Gasteiger partial charge in [-0.15, -0.1) is 0 Å². The molecule has 0 aliphatic heterocycles. The fraction of sp³-hybridized carbons (Fsp3) is 0.442. The maximum Gasteiger partial charge on any atom is 0.0175 e. The Balaban J connectivity index is 2.23. The topological polar surface area (TPSA) is 0 Å². The molecule has 4 rings (SSSR count). The molecule has 0 fully saturated rings. The maximum atomic E-state index is 3.68. The summed E-state index contributed by atoms with van der Waals surface area (Å²) in [6.07, 6.45) is 0. The van der Waals surface area contributed by atoms with E-state index in [9.17, 15) is 0 Å². The molecule has 2 heteroatoms. The first kappa shape index (κ1) is 35.6. The monoisotopic (exact) mass is 682 g/mol. The average molecular weight is 684 g/mol. The van der Waals surface area contributed by atoms with Gasteiger partial charge in [-0.1, -0.05) is 156 Å². The zero-order valence-corrected chi connectivity index (χ0v) is 32.7. The second kappa shape index (κ2) is 14.7. The van der Waals surface area contributed by atoms with Crippen molar-refractivity contribution in [1.29, 1.82) is 0 Å². The van der Waals surface area contributed by atoms with Crippen LogP contribution in [-0.4, -0.2) is 0 Å². The Morgan fingerprint density at radius 2 is 0.800 bits per heavy atom. The van der Waals surface area contributed by atoms with Crippen molar-refractivity contribution in [2.24, 2.45) is 0 Å². The highest BCUT2D eigenvalue weighted by molar-refractivity contribution is 9.10. The number of hydrogen-bond acceptors (Lipinski definition) is 0. The van der Waals surface area contributed by atoms with Crippen molar-refractivity contribution >= 4 is 35.1 Å². The molecule has 1 atom stereocenters. The van der Waals surface area contributed by atoms with Gasteiger partial charge < -0.3 is 0 Å². The Labute approximate surface area is 285 Å². The average Bonchev–Trinajstić information content (AvgIpc) is 2.97. The fourth-order valence-corrected chi connectivity index (χ4v) is 8.08. The van der Waals surface area contributed by atoms with E-state index in [4.69, 9.17) is 0 Å². The first-order valence-electron chi connectivity index (χ1n) is 17.1. The van der Waals surface area contributed by atoms with E-state index in [2.05, 4.69) is 167 Å². The second-order valence-electron chi connectivity index (χ2n) is 14.9. The molecule has 0 N–H and O–H groups in total. The molecule has 0 saturated heterocycles. The van der Waals surface area contributed by atoms with E-state index < -0.39 is 0 Å². The molecule has 0 aliphatic rings. The van der Waals surface area contributed by atoms with Gasteiger partial charge in [0.05, 0.1) is 0 Å². The predicted molar refractivity (Wildman–Crippen MR) is 208 cm³/mol. The predicted octanol–water partition coefficient (Wildman–Crippen LogP) is 13.5. The zero-order valence-electron chi connectivity index (χ0n) is 30.1. The zero-order chi connectivity index (χ0) is 33.3. The lowest BCUT2D eigenvalue weighted by Crippen LogP contribution is -2.16. The number of halogens is 1. The summed E-state index contributed by atoms with van der Waals surface area (Å²) in [5.41, 5.74) is 15.9. The SMILES string of the molecule is Cc1cc(-c2c(C(C)C)cc(C(C)C)cc2C(C)C)c(Pc2ccc(Br)cc2)c(-c2c(C(C)C)cc(C(C)C)cc2C(C)C)c1. The lowest BCUT2D eigenvalue weighted by Gasteiger charge is -2.29. The quantitative estimate of drug-likeness (QED) is 0.146. The minimum absolute atomic E-state index is 0.423. The van der Waals surface area contributed by atoms with Crippen LogP contribution in [0.5, 0.6) is 0 Å². The van der Waals surface area contributed by atoms with E-state index in [1.807, 2.05) is 0 Å². The molecular weight excluding hydrogens is 627 g/mol. The van der Waals surface area contributed by atoms with Crippen LogP contribution in [0.4, 0.5) is 0 Å². The minimum Gasteiger partial charge on any atom is -0.0587 e. The Hall–Kier alpha value is -2.21. The molecule has 0 amide bonds. The first-order valence-corrected chi connectivity index (χ1v) is 18.9. The van der Waals surface area contributed by atoms with Crippen molar-refractivity contribution in [1.82, 2.24) is 0 Å². The van der Waals surface area contributed by atoms with E-state index in [0.29, 0.717) is 44.1 Å². The highest BCUT2D eigenvalue weighted by Gasteiger charge is 2.26. The standard InChI is InChI=1S/C43H56BrP/c1-24(2)31-20-35(26(5)6)41(36(21-31)27(7)8)39-18-30(13)19-40(43(39)45-34-16-14-33(44)15-17-34)42-37(28(9)10)22-32(25(3)4)23-38(42)29(11)12/h14-29,45H,1-13H3. The van der Waals surface area contributed by atoms with E-state index in [0.717, 1.165) is 4.47 Å². The van der Waals surface area contributed by atoms with Crippen molar-refractivity contribution in [2.45, 2.75) is 126 Å². The van der Waals surface area contributed by atoms with Crippen LogP contribution >= 0.6 is 24.5 Å². The third-order valence-corrected chi connectivity index (χ3v) is 11.1. The molecule has 4 aromatic carbocycles. The summed E-state index contributed by atoms with van der Waals surface area (Å²) < 4.78 is 1.13. The van der Waals surface area contributed by atoms with Crippen molar-refractivity contribution in [3.05, 3.63) is 104 Å². The molecule has 0 nitrogen and oxygen atoms in total. The molecule has 0 radical (unpaired) electrons. The van der Waals surface area contributed by atoms with Gasteiger partial charge in [-0.3, -0.25) is 0 Å². The van der Waals surface area contributed by atoms with Gasteiger partial charge in [0, 0.05) is 4.47 Å². The Morgan fingerprint density at radius 1 is 0.467 bits per heavy atom. The molecule has 0 aromatic heterocycles. The van der Waals surface area contributed by atoms with Gasteiger partial charge in [-0.25, -0.2) is 0 Å². The fourth-order valence-electron chi connectivity index (χ4n) is 6.53. The van der Waals surface area contributed by atoms with Crippen LogP contribution in [0, 0.1) is 6.92 Å². The van der Waals surface area contributed by atoms with E-state index in [-0.39, 0.29) is 0 Å². The van der Waals surface area contributed by atoms with Crippen molar-refractivity contribution in [3.63, 3.8) is 0 Å². The largest absolute Gasteiger partial charge is 0.0587 e. The first-order chi connectivity index (χ1) is 21.1. The molecule has 45 heavy (non-hydrogen) atoms. The number of rotatable bonds is 10. The smallest absolute Gasteiger partial charge is 0.0175 e. The summed E-state index contributed by atoms with van der Waals surface area (Å²) in [5, 5.41) is 2.85. The molecular formula is C43H56BrP. The molecule has 4 aromatic rings. The van der Waals surface area contributed by atoms with Crippen molar-refractivity contribution in [3.8, 4) is 22.3 Å². The molecule has 1 unspecified atom stereocenters. The second-order valence-corrected chi connectivity index (χ2v) is 17.2.